The van der Waals surface area contributed by atoms with Crippen LogP contribution in [-0.4, -0.2) is 88.9 Å². The first kappa shape index (κ1) is 26.5. The Labute approximate surface area is 165 Å². The standard InChI is InChI=1S/C13H28N3O3P.C5H12O2/c1-11(2)13(17)15-7-9-16(10-8-15)20(18,14(5)6)19-12(3)4;1-5(2,7)3-4-6/h11-12H,7-10H2,1-6H3;6-7H,3-4H2,1-2H3. The van der Waals surface area contributed by atoms with Crippen molar-refractivity contribution in [3.8, 4) is 0 Å². The van der Waals surface area contributed by atoms with E-state index in [2.05, 4.69) is 0 Å². The average molecular weight is 410 g/mol. The van der Waals surface area contributed by atoms with Crippen molar-refractivity contribution in [2.45, 2.75) is 59.7 Å². The van der Waals surface area contributed by atoms with E-state index in [9.17, 15) is 9.36 Å². The summed E-state index contributed by atoms with van der Waals surface area (Å²) in [4.78, 5) is 13.8. The number of hydrogen-bond donors (Lipinski definition) is 2. The monoisotopic (exact) mass is 409 g/mol. The van der Waals surface area contributed by atoms with Crippen LogP contribution >= 0.6 is 7.67 Å². The van der Waals surface area contributed by atoms with Crippen molar-refractivity contribution >= 4 is 13.6 Å². The summed E-state index contributed by atoms with van der Waals surface area (Å²) in [5, 5.41) is 17.1. The fourth-order valence-corrected chi connectivity index (χ4v) is 4.56. The second-order valence-electron chi connectivity index (χ2n) is 8.21. The number of hydrogen-bond acceptors (Lipinski definition) is 5. The Morgan fingerprint density at radius 1 is 1.15 bits per heavy atom. The lowest BCUT2D eigenvalue weighted by molar-refractivity contribution is -0.135. The number of aliphatic hydroxyl groups is 2. The summed E-state index contributed by atoms with van der Waals surface area (Å²) < 4.78 is 22.2. The van der Waals surface area contributed by atoms with Gasteiger partial charge in [0.2, 0.25) is 5.91 Å². The first-order valence-electron chi connectivity index (χ1n) is 9.58. The van der Waals surface area contributed by atoms with Crippen molar-refractivity contribution in [1.82, 2.24) is 14.2 Å². The molecule has 2 N–H and O–H groups in total. The summed E-state index contributed by atoms with van der Waals surface area (Å²) in [6.07, 6.45) is 0.353. The van der Waals surface area contributed by atoms with Crippen LogP contribution < -0.4 is 0 Å². The maximum absolute atomic E-state index is 13.0. The Morgan fingerprint density at radius 2 is 1.63 bits per heavy atom. The van der Waals surface area contributed by atoms with Crippen LogP contribution in [0.1, 0.15) is 48.0 Å². The van der Waals surface area contributed by atoms with Gasteiger partial charge in [0, 0.05) is 38.7 Å². The van der Waals surface area contributed by atoms with Crippen molar-refractivity contribution in [3.63, 3.8) is 0 Å². The van der Waals surface area contributed by atoms with Gasteiger partial charge in [-0.05, 0) is 48.2 Å². The Kier molecular flexibility index (Phi) is 11.3. The number of rotatable bonds is 7. The highest BCUT2D eigenvalue weighted by atomic mass is 31.2. The lowest BCUT2D eigenvalue weighted by atomic mass is 10.1. The van der Waals surface area contributed by atoms with Gasteiger partial charge in [0.05, 0.1) is 11.7 Å². The minimum absolute atomic E-state index is 0.00844. The molecule has 0 saturated carbocycles. The number of amides is 1. The highest BCUT2D eigenvalue weighted by Crippen LogP contribution is 2.53. The molecule has 1 aliphatic rings. The van der Waals surface area contributed by atoms with Crippen LogP contribution in [0.5, 0.6) is 0 Å². The van der Waals surface area contributed by atoms with Crippen LogP contribution in [0.25, 0.3) is 0 Å². The second kappa shape index (κ2) is 11.5. The molecule has 1 fully saturated rings. The average Bonchev–Trinajstić information content (AvgIpc) is 2.52. The molecule has 8 nitrogen and oxygen atoms in total. The van der Waals surface area contributed by atoms with Crippen molar-refractivity contribution < 1.29 is 24.1 Å². The van der Waals surface area contributed by atoms with Gasteiger partial charge in [0.15, 0.2) is 0 Å². The molecular formula is C18H40N3O5P. The van der Waals surface area contributed by atoms with Gasteiger partial charge in [-0.15, -0.1) is 0 Å². The molecule has 0 bridgehead atoms. The van der Waals surface area contributed by atoms with Crippen LogP contribution in [0.15, 0.2) is 0 Å². The second-order valence-corrected chi connectivity index (χ2v) is 10.8. The van der Waals surface area contributed by atoms with Crippen LogP contribution in [-0.2, 0) is 13.9 Å². The molecule has 0 aromatic carbocycles. The lowest BCUT2D eigenvalue weighted by Gasteiger charge is -2.41. The maximum atomic E-state index is 13.0. The number of aliphatic hydroxyl groups excluding tert-OH is 1. The minimum atomic E-state index is -2.97. The highest BCUT2D eigenvalue weighted by Gasteiger charge is 2.38. The fourth-order valence-electron chi connectivity index (χ4n) is 2.50. The third kappa shape index (κ3) is 9.50. The highest BCUT2D eigenvalue weighted by molar-refractivity contribution is 7.53. The molecule has 0 radical (unpaired) electrons. The van der Waals surface area contributed by atoms with E-state index in [1.807, 2.05) is 37.3 Å². The lowest BCUT2D eigenvalue weighted by Crippen LogP contribution is -2.49. The summed E-state index contributed by atoms with van der Waals surface area (Å²) >= 11 is 0. The molecular weight excluding hydrogens is 369 g/mol. The van der Waals surface area contributed by atoms with Gasteiger partial charge in [-0.1, -0.05) is 13.8 Å². The zero-order valence-electron chi connectivity index (χ0n) is 18.3. The number of piperazine rings is 1. The number of carbonyl (C=O) groups is 1. The summed E-state index contributed by atoms with van der Waals surface area (Å²) in [7, 11) is 0.571. The summed E-state index contributed by atoms with van der Waals surface area (Å²) in [6, 6.07) is 0. The molecule has 0 spiro atoms. The quantitative estimate of drug-likeness (QED) is 0.621. The van der Waals surface area contributed by atoms with E-state index in [1.54, 1.807) is 32.6 Å². The number of carbonyl (C=O) groups excluding carboxylic acids is 1. The largest absolute Gasteiger partial charge is 0.396 e. The van der Waals surface area contributed by atoms with E-state index in [0.29, 0.717) is 32.6 Å². The zero-order chi connectivity index (χ0) is 21.4. The van der Waals surface area contributed by atoms with Crippen molar-refractivity contribution in [3.05, 3.63) is 0 Å². The van der Waals surface area contributed by atoms with Gasteiger partial charge in [0.1, 0.15) is 0 Å². The van der Waals surface area contributed by atoms with Gasteiger partial charge in [0.25, 0.3) is 0 Å². The van der Waals surface area contributed by atoms with Gasteiger partial charge >= 0.3 is 7.67 Å². The predicted molar refractivity (Wildman–Crippen MR) is 109 cm³/mol. The molecule has 1 heterocycles. The van der Waals surface area contributed by atoms with E-state index in [1.165, 1.54) is 0 Å². The predicted octanol–water partition coefficient (Wildman–Crippen LogP) is 2.02. The molecule has 0 aromatic heterocycles. The molecule has 0 aromatic rings. The first-order valence-corrected chi connectivity index (χ1v) is 11.1. The van der Waals surface area contributed by atoms with E-state index in [-0.39, 0.29) is 24.5 Å². The zero-order valence-corrected chi connectivity index (χ0v) is 19.2. The van der Waals surface area contributed by atoms with Crippen molar-refractivity contribution in [1.29, 1.82) is 0 Å². The topological polar surface area (TPSA) is 93.5 Å². The fraction of sp³-hybridized carbons (Fsp3) is 0.944. The number of nitrogens with zero attached hydrogens (tertiary/aromatic N) is 3. The van der Waals surface area contributed by atoms with Crippen LogP contribution in [0.4, 0.5) is 0 Å². The van der Waals surface area contributed by atoms with Crippen molar-refractivity contribution in [2.75, 3.05) is 46.9 Å². The SMILES string of the molecule is CC(C)(O)CCO.CC(C)OP(=O)(N(C)C)N1CCN(C(=O)C(C)C)CC1. The van der Waals surface area contributed by atoms with E-state index >= 15 is 0 Å². The molecule has 0 aliphatic carbocycles. The smallest absolute Gasteiger partial charge is 0.345 e. The van der Waals surface area contributed by atoms with Gasteiger partial charge < -0.3 is 19.6 Å². The summed E-state index contributed by atoms with van der Waals surface area (Å²) in [6.45, 7) is 13.4. The van der Waals surface area contributed by atoms with Crippen LogP contribution in [0, 0.1) is 5.92 Å². The van der Waals surface area contributed by atoms with Gasteiger partial charge in [-0.2, -0.15) is 0 Å². The molecule has 1 saturated heterocycles. The Hall–Kier alpha value is -0.500. The first-order chi connectivity index (χ1) is 12.2. The Balaban J connectivity index is 0.000000821. The van der Waals surface area contributed by atoms with E-state index < -0.39 is 13.3 Å². The minimum Gasteiger partial charge on any atom is -0.396 e. The van der Waals surface area contributed by atoms with Gasteiger partial charge in [-0.25, -0.2) is 9.34 Å². The molecule has 1 rings (SSSR count). The van der Waals surface area contributed by atoms with Crippen molar-refractivity contribution in [2.24, 2.45) is 5.92 Å². The molecule has 162 valence electrons. The van der Waals surface area contributed by atoms with Crippen LogP contribution in [0.3, 0.4) is 0 Å². The third-order valence-electron chi connectivity index (χ3n) is 4.00. The van der Waals surface area contributed by atoms with Gasteiger partial charge in [-0.3, -0.25) is 9.36 Å². The Bertz CT molecular complexity index is 484. The Morgan fingerprint density at radius 3 is 1.89 bits per heavy atom. The molecule has 9 heteroatoms. The summed E-state index contributed by atoms with van der Waals surface area (Å²) in [5.41, 5.74) is -0.700. The van der Waals surface area contributed by atoms with Crippen LogP contribution in [0.2, 0.25) is 0 Å². The van der Waals surface area contributed by atoms with E-state index in [4.69, 9.17) is 14.7 Å². The van der Waals surface area contributed by atoms with E-state index in [0.717, 1.165) is 0 Å². The third-order valence-corrected chi connectivity index (χ3v) is 6.82. The maximum Gasteiger partial charge on any atom is 0.345 e. The molecule has 1 atom stereocenters. The normalized spacial score (nSPS) is 18.5. The molecule has 27 heavy (non-hydrogen) atoms. The molecule has 1 amide bonds. The summed E-state index contributed by atoms with van der Waals surface area (Å²) in [5.74, 6) is 0.170. The molecule has 1 aliphatic heterocycles. The molecule has 1 unspecified atom stereocenters.